The SMILES string of the molecule is CCCCCOc1ccc2cc(S(=O)(=O)N[C@H](CCC(=O)O)C(=O)O)ccc2c1. The zero-order valence-corrected chi connectivity index (χ0v) is 16.9. The van der Waals surface area contributed by atoms with Crippen LogP contribution in [0.25, 0.3) is 10.8 Å². The Balaban J connectivity index is 2.16. The maximum Gasteiger partial charge on any atom is 0.321 e. The number of benzene rings is 2. The van der Waals surface area contributed by atoms with Crippen molar-refractivity contribution in [2.75, 3.05) is 6.61 Å². The molecule has 0 radical (unpaired) electrons. The highest BCUT2D eigenvalue weighted by atomic mass is 32.2. The fourth-order valence-corrected chi connectivity index (χ4v) is 4.02. The van der Waals surface area contributed by atoms with Gasteiger partial charge in [0.15, 0.2) is 0 Å². The average Bonchev–Trinajstić information content (AvgIpc) is 2.67. The Kier molecular flexibility index (Phi) is 7.98. The number of sulfonamides is 1. The zero-order valence-electron chi connectivity index (χ0n) is 16.1. The van der Waals surface area contributed by atoms with Crippen molar-refractivity contribution >= 4 is 32.7 Å². The van der Waals surface area contributed by atoms with E-state index in [2.05, 4.69) is 11.6 Å². The largest absolute Gasteiger partial charge is 0.494 e. The Hall–Kier alpha value is -2.65. The lowest BCUT2D eigenvalue weighted by Crippen LogP contribution is -2.41. The summed E-state index contributed by atoms with van der Waals surface area (Å²) in [6, 6.07) is 8.23. The molecule has 2 rings (SSSR count). The van der Waals surface area contributed by atoms with E-state index in [9.17, 15) is 18.0 Å². The van der Waals surface area contributed by atoms with Crippen LogP contribution in [-0.4, -0.2) is 43.2 Å². The van der Waals surface area contributed by atoms with Crippen molar-refractivity contribution in [1.29, 1.82) is 0 Å². The molecule has 0 saturated heterocycles. The molecule has 0 amide bonds. The van der Waals surface area contributed by atoms with Crippen molar-refractivity contribution in [3.8, 4) is 5.75 Å². The minimum Gasteiger partial charge on any atom is -0.494 e. The van der Waals surface area contributed by atoms with E-state index in [0.29, 0.717) is 17.7 Å². The van der Waals surface area contributed by atoms with Gasteiger partial charge in [0.05, 0.1) is 11.5 Å². The highest BCUT2D eigenvalue weighted by Gasteiger charge is 2.26. The molecule has 0 fully saturated rings. The molecule has 29 heavy (non-hydrogen) atoms. The molecule has 0 unspecified atom stereocenters. The maximum absolute atomic E-state index is 12.6. The van der Waals surface area contributed by atoms with Gasteiger partial charge in [-0.15, -0.1) is 0 Å². The predicted octanol–water partition coefficient (Wildman–Crippen LogP) is 3.01. The van der Waals surface area contributed by atoms with E-state index in [4.69, 9.17) is 14.9 Å². The van der Waals surface area contributed by atoms with Gasteiger partial charge in [-0.3, -0.25) is 9.59 Å². The number of fused-ring (bicyclic) bond motifs is 1. The van der Waals surface area contributed by atoms with E-state index in [0.717, 1.165) is 24.6 Å². The Morgan fingerprint density at radius 2 is 1.76 bits per heavy atom. The molecule has 158 valence electrons. The van der Waals surface area contributed by atoms with Crippen LogP contribution < -0.4 is 9.46 Å². The molecule has 9 heteroatoms. The van der Waals surface area contributed by atoms with Crippen LogP contribution in [0.5, 0.6) is 5.75 Å². The molecule has 1 atom stereocenters. The average molecular weight is 423 g/mol. The number of hydrogen-bond acceptors (Lipinski definition) is 5. The third-order valence-corrected chi connectivity index (χ3v) is 5.82. The number of nitrogens with one attached hydrogen (secondary N) is 1. The second-order valence-corrected chi connectivity index (χ2v) is 8.38. The molecule has 0 heterocycles. The van der Waals surface area contributed by atoms with Gasteiger partial charge in [0.2, 0.25) is 10.0 Å². The Bertz CT molecular complexity index is 972. The first-order chi connectivity index (χ1) is 13.7. The molecule has 0 spiro atoms. The lowest BCUT2D eigenvalue weighted by molar-refractivity contribution is -0.140. The first-order valence-corrected chi connectivity index (χ1v) is 10.8. The molecular weight excluding hydrogens is 398 g/mol. The second kappa shape index (κ2) is 10.2. The molecule has 0 aliphatic rings. The van der Waals surface area contributed by atoms with Crippen LogP contribution in [0, 0.1) is 0 Å². The van der Waals surface area contributed by atoms with E-state index < -0.39 is 34.4 Å². The first-order valence-electron chi connectivity index (χ1n) is 9.36. The summed E-state index contributed by atoms with van der Waals surface area (Å²) in [5, 5.41) is 19.3. The molecule has 0 aromatic heterocycles. The second-order valence-electron chi connectivity index (χ2n) is 6.67. The summed E-state index contributed by atoms with van der Waals surface area (Å²) in [6.45, 7) is 2.73. The number of hydrogen-bond donors (Lipinski definition) is 3. The van der Waals surface area contributed by atoms with Crippen molar-refractivity contribution in [3.05, 3.63) is 36.4 Å². The number of carboxylic acids is 2. The Morgan fingerprint density at radius 3 is 2.41 bits per heavy atom. The maximum atomic E-state index is 12.6. The monoisotopic (exact) mass is 423 g/mol. The topological polar surface area (TPSA) is 130 Å². The quantitative estimate of drug-likeness (QED) is 0.447. The van der Waals surface area contributed by atoms with Gasteiger partial charge in [0.1, 0.15) is 11.8 Å². The van der Waals surface area contributed by atoms with E-state index >= 15 is 0 Å². The number of aliphatic carboxylic acids is 2. The molecule has 0 aliphatic heterocycles. The highest BCUT2D eigenvalue weighted by Crippen LogP contribution is 2.24. The van der Waals surface area contributed by atoms with Crippen molar-refractivity contribution in [3.63, 3.8) is 0 Å². The lowest BCUT2D eigenvalue weighted by atomic mass is 10.1. The number of rotatable bonds is 12. The van der Waals surface area contributed by atoms with Gasteiger partial charge in [-0.05, 0) is 47.9 Å². The number of carboxylic acid groups (broad SMARTS) is 2. The van der Waals surface area contributed by atoms with E-state index in [1.165, 1.54) is 12.1 Å². The standard InChI is InChI=1S/C20H25NO7S/c1-2-3-4-11-28-16-7-5-15-13-17(8-6-14(15)12-16)29(26,27)21-18(20(24)25)9-10-19(22)23/h5-8,12-13,18,21H,2-4,9-11H2,1H3,(H,22,23)(H,24,25)/t18-/m1/s1. The van der Waals surface area contributed by atoms with Crippen LogP contribution in [0.1, 0.15) is 39.0 Å². The minimum atomic E-state index is -4.13. The minimum absolute atomic E-state index is 0.0943. The van der Waals surface area contributed by atoms with Crippen molar-refractivity contribution in [2.45, 2.75) is 50.0 Å². The summed E-state index contributed by atoms with van der Waals surface area (Å²) in [5.41, 5.74) is 0. The van der Waals surface area contributed by atoms with Crippen LogP contribution in [0.2, 0.25) is 0 Å². The Labute approximate surface area is 169 Å². The van der Waals surface area contributed by atoms with Crippen LogP contribution >= 0.6 is 0 Å². The molecule has 0 bridgehead atoms. The molecule has 8 nitrogen and oxygen atoms in total. The van der Waals surface area contributed by atoms with Gasteiger partial charge < -0.3 is 14.9 Å². The first kappa shape index (κ1) is 22.6. The number of ether oxygens (including phenoxy) is 1. The number of carbonyl (C=O) groups is 2. The zero-order chi connectivity index (χ0) is 21.4. The third kappa shape index (κ3) is 6.72. The van der Waals surface area contributed by atoms with Crippen molar-refractivity contribution < 1.29 is 33.0 Å². The van der Waals surface area contributed by atoms with E-state index in [1.807, 2.05) is 6.07 Å². The van der Waals surface area contributed by atoms with Crippen molar-refractivity contribution in [2.24, 2.45) is 0 Å². The summed E-state index contributed by atoms with van der Waals surface area (Å²) in [5.74, 6) is -1.93. The molecule has 0 saturated carbocycles. The summed E-state index contributed by atoms with van der Waals surface area (Å²) >= 11 is 0. The summed E-state index contributed by atoms with van der Waals surface area (Å²) < 4.78 is 32.9. The van der Waals surface area contributed by atoms with Gasteiger partial charge in [0.25, 0.3) is 0 Å². The predicted molar refractivity (Wildman–Crippen MR) is 108 cm³/mol. The highest BCUT2D eigenvalue weighted by molar-refractivity contribution is 7.89. The Morgan fingerprint density at radius 1 is 1.07 bits per heavy atom. The summed E-state index contributed by atoms with van der Waals surface area (Å²) in [4.78, 5) is 21.8. The summed E-state index contributed by atoms with van der Waals surface area (Å²) in [7, 11) is -4.13. The van der Waals surface area contributed by atoms with Gasteiger partial charge in [-0.2, -0.15) is 4.72 Å². The van der Waals surface area contributed by atoms with Crippen molar-refractivity contribution in [1.82, 2.24) is 4.72 Å². The lowest BCUT2D eigenvalue weighted by Gasteiger charge is -2.14. The van der Waals surface area contributed by atoms with E-state index in [-0.39, 0.29) is 11.3 Å². The molecule has 2 aromatic rings. The fourth-order valence-electron chi connectivity index (χ4n) is 2.76. The summed E-state index contributed by atoms with van der Waals surface area (Å²) in [6.07, 6.45) is 2.34. The van der Waals surface area contributed by atoms with Crippen LogP contribution in [0.15, 0.2) is 41.3 Å². The van der Waals surface area contributed by atoms with Gasteiger partial charge in [-0.25, -0.2) is 8.42 Å². The van der Waals surface area contributed by atoms with Gasteiger partial charge in [-0.1, -0.05) is 31.9 Å². The third-order valence-electron chi connectivity index (χ3n) is 4.35. The normalized spacial score (nSPS) is 12.6. The molecule has 0 aliphatic carbocycles. The van der Waals surface area contributed by atoms with E-state index in [1.54, 1.807) is 18.2 Å². The van der Waals surface area contributed by atoms with Gasteiger partial charge >= 0.3 is 11.9 Å². The smallest absolute Gasteiger partial charge is 0.321 e. The molecule has 3 N–H and O–H groups in total. The molecular formula is C20H25NO7S. The fraction of sp³-hybridized carbons (Fsp3) is 0.400. The number of unbranched alkanes of at least 4 members (excludes halogenated alkanes) is 2. The molecule has 2 aromatic carbocycles. The van der Waals surface area contributed by atoms with Crippen LogP contribution in [-0.2, 0) is 19.6 Å². The van der Waals surface area contributed by atoms with Crippen LogP contribution in [0.4, 0.5) is 0 Å². The van der Waals surface area contributed by atoms with Gasteiger partial charge in [0, 0.05) is 6.42 Å². The van der Waals surface area contributed by atoms with Crippen LogP contribution in [0.3, 0.4) is 0 Å².